The summed E-state index contributed by atoms with van der Waals surface area (Å²) < 4.78 is 23.1. The summed E-state index contributed by atoms with van der Waals surface area (Å²) in [5, 5.41) is 2.70. The van der Waals surface area contributed by atoms with Crippen molar-refractivity contribution in [2.24, 2.45) is 0 Å². The summed E-state index contributed by atoms with van der Waals surface area (Å²) in [7, 11) is -3.35. The van der Waals surface area contributed by atoms with Crippen molar-refractivity contribution in [1.29, 1.82) is 0 Å². The second-order valence-electron chi connectivity index (χ2n) is 4.43. The number of benzene rings is 1. The average molecular weight is 326 g/mol. The Balaban J connectivity index is 2.33. The molecule has 0 radical (unpaired) electrons. The van der Waals surface area contributed by atoms with Crippen molar-refractivity contribution >= 4 is 33.0 Å². The Bertz CT molecular complexity index is 806. The molecule has 6 nitrogen and oxygen atoms in total. The number of sulfone groups is 1. The molecule has 0 fully saturated rings. The first kappa shape index (κ1) is 15.4. The monoisotopic (exact) mass is 325 g/mol. The zero-order chi connectivity index (χ0) is 15.6. The Morgan fingerprint density at radius 1 is 1.29 bits per heavy atom. The van der Waals surface area contributed by atoms with Crippen LogP contribution in [0, 0.1) is 6.92 Å². The molecule has 2 aromatic rings. The average Bonchev–Trinajstić information content (AvgIpc) is 2.40. The molecule has 1 amide bonds. The van der Waals surface area contributed by atoms with Gasteiger partial charge in [0.2, 0.25) is 0 Å². The first-order chi connectivity index (χ1) is 9.77. The van der Waals surface area contributed by atoms with Gasteiger partial charge in [-0.2, -0.15) is 0 Å². The van der Waals surface area contributed by atoms with Crippen LogP contribution in [0.3, 0.4) is 0 Å². The SMILES string of the molecule is Cc1ccc(S(C)(=O)=O)cc1NC(=O)c1cncc(Cl)n1. The molecule has 0 bridgehead atoms. The Morgan fingerprint density at radius 2 is 2.00 bits per heavy atom. The van der Waals surface area contributed by atoms with Crippen LogP contribution in [0.4, 0.5) is 5.69 Å². The molecule has 21 heavy (non-hydrogen) atoms. The van der Waals surface area contributed by atoms with E-state index in [1.54, 1.807) is 13.0 Å². The summed E-state index contributed by atoms with van der Waals surface area (Å²) in [5.41, 5.74) is 1.17. The zero-order valence-corrected chi connectivity index (χ0v) is 12.9. The molecule has 0 aliphatic carbocycles. The van der Waals surface area contributed by atoms with Crippen molar-refractivity contribution in [3.63, 3.8) is 0 Å². The van der Waals surface area contributed by atoms with Crippen molar-refractivity contribution in [1.82, 2.24) is 9.97 Å². The van der Waals surface area contributed by atoms with Gasteiger partial charge in [-0.15, -0.1) is 0 Å². The highest BCUT2D eigenvalue weighted by Crippen LogP contribution is 2.20. The van der Waals surface area contributed by atoms with Crippen LogP contribution in [0.25, 0.3) is 0 Å². The molecule has 0 saturated carbocycles. The van der Waals surface area contributed by atoms with Crippen LogP contribution in [0.15, 0.2) is 35.5 Å². The lowest BCUT2D eigenvalue weighted by Gasteiger charge is -2.09. The number of carbonyl (C=O) groups is 1. The van der Waals surface area contributed by atoms with Crippen LogP contribution in [0.5, 0.6) is 0 Å². The van der Waals surface area contributed by atoms with Crippen molar-refractivity contribution in [3.05, 3.63) is 47.0 Å². The van der Waals surface area contributed by atoms with Gasteiger partial charge in [0.05, 0.1) is 17.3 Å². The normalized spacial score (nSPS) is 11.2. The number of anilines is 1. The first-order valence-corrected chi connectivity index (χ1v) is 8.14. The summed E-state index contributed by atoms with van der Waals surface area (Å²) in [4.78, 5) is 19.8. The molecule has 0 atom stereocenters. The van der Waals surface area contributed by atoms with E-state index in [9.17, 15) is 13.2 Å². The third kappa shape index (κ3) is 3.77. The van der Waals surface area contributed by atoms with Gasteiger partial charge in [0.25, 0.3) is 5.91 Å². The lowest BCUT2D eigenvalue weighted by Crippen LogP contribution is -2.15. The van der Waals surface area contributed by atoms with E-state index in [2.05, 4.69) is 15.3 Å². The lowest BCUT2D eigenvalue weighted by atomic mass is 10.2. The first-order valence-electron chi connectivity index (χ1n) is 5.87. The Hall–Kier alpha value is -1.99. The van der Waals surface area contributed by atoms with Crippen molar-refractivity contribution in [3.8, 4) is 0 Å². The molecule has 0 spiro atoms. The van der Waals surface area contributed by atoms with E-state index < -0.39 is 15.7 Å². The van der Waals surface area contributed by atoms with E-state index in [1.165, 1.54) is 24.5 Å². The van der Waals surface area contributed by atoms with E-state index in [4.69, 9.17) is 11.6 Å². The van der Waals surface area contributed by atoms with E-state index in [1.807, 2.05) is 0 Å². The molecule has 0 saturated heterocycles. The molecule has 8 heteroatoms. The molecule has 2 rings (SSSR count). The van der Waals surface area contributed by atoms with Gasteiger partial charge in [0.15, 0.2) is 9.84 Å². The second kappa shape index (κ2) is 5.79. The minimum atomic E-state index is -3.35. The highest BCUT2D eigenvalue weighted by atomic mass is 35.5. The molecule has 0 aliphatic heterocycles. The quantitative estimate of drug-likeness (QED) is 0.933. The number of aryl methyl sites for hydroxylation is 1. The predicted octanol–water partition coefficient (Wildman–Crippen LogP) is 2.09. The van der Waals surface area contributed by atoms with Crippen LogP contribution in [-0.4, -0.2) is 30.5 Å². The molecule has 110 valence electrons. The number of halogens is 1. The maximum absolute atomic E-state index is 12.1. The van der Waals surface area contributed by atoms with Crippen molar-refractivity contribution in [2.75, 3.05) is 11.6 Å². The third-order valence-corrected chi connectivity index (χ3v) is 4.02. The Kier molecular flexibility index (Phi) is 4.24. The molecular formula is C13H12ClN3O3S. The Labute approximate surface area is 127 Å². The maximum atomic E-state index is 12.1. The fraction of sp³-hybridized carbons (Fsp3) is 0.154. The summed E-state index contributed by atoms with van der Waals surface area (Å²) in [6.45, 7) is 1.76. The van der Waals surface area contributed by atoms with E-state index in [-0.39, 0.29) is 15.7 Å². The molecule has 1 aromatic carbocycles. The summed E-state index contributed by atoms with van der Waals surface area (Å²) in [6, 6.07) is 4.51. The maximum Gasteiger partial charge on any atom is 0.275 e. The number of nitrogens with zero attached hydrogens (tertiary/aromatic N) is 2. The number of carbonyl (C=O) groups excluding carboxylic acids is 1. The predicted molar refractivity (Wildman–Crippen MR) is 79.3 cm³/mol. The Morgan fingerprint density at radius 3 is 2.62 bits per heavy atom. The van der Waals surface area contributed by atoms with Crippen molar-refractivity contribution < 1.29 is 13.2 Å². The minimum absolute atomic E-state index is 0.0478. The second-order valence-corrected chi connectivity index (χ2v) is 6.83. The van der Waals surface area contributed by atoms with Gasteiger partial charge in [0.1, 0.15) is 10.8 Å². The molecule has 0 unspecified atom stereocenters. The molecule has 0 aliphatic rings. The topological polar surface area (TPSA) is 89.0 Å². The number of aromatic nitrogens is 2. The van der Waals surface area contributed by atoms with Gasteiger partial charge < -0.3 is 5.32 Å². The number of hydrogen-bond donors (Lipinski definition) is 1. The molecule has 1 aromatic heterocycles. The number of hydrogen-bond acceptors (Lipinski definition) is 5. The molecule has 1 N–H and O–H groups in total. The fourth-order valence-electron chi connectivity index (χ4n) is 1.60. The van der Waals surface area contributed by atoms with Gasteiger partial charge in [-0.3, -0.25) is 9.78 Å². The summed E-state index contributed by atoms with van der Waals surface area (Å²) >= 11 is 5.68. The van der Waals surface area contributed by atoms with Gasteiger partial charge in [-0.25, -0.2) is 13.4 Å². The smallest absolute Gasteiger partial charge is 0.275 e. The van der Waals surface area contributed by atoms with E-state index >= 15 is 0 Å². The lowest BCUT2D eigenvalue weighted by molar-refractivity contribution is 0.102. The standard InChI is InChI=1S/C13H12ClN3O3S/c1-8-3-4-9(21(2,19)20)5-10(8)17-13(18)11-6-15-7-12(14)16-11/h3-7H,1-2H3,(H,17,18). The zero-order valence-electron chi connectivity index (χ0n) is 11.3. The minimum Gasteiger partial charge on any atom is -0.320 e. The van der Waals surface area contributed by atoms with Gasteiger partial charge in [0, 0.05) is 11.9 Å². The number of nitrogens with one attached hydrogen (secondary N) is 1. The van der Waals surface area contributed by atoms with Crippen molar-refractivity contribution in [2.45, 2.75) is 11.8 Å². The largest absolute Gasteiger partial charge is 0.320 e. The van der Waals surface area contributed by atoms with Gasteiger partial charge in [-0.05, 0) is 24.6 Å². The van der Waals surface area contributed by atoms with Gasteiger partial charge >= 0.3 is 0 Å². The highest BCUT2D eigenvalue weighted by molar-refractivity contribution is 7.90. The number of amides is 1. The van der Waals surface area contributed by atoms with Crippen LogP contribution < -0.4 is 5.32 Å². The number of rotatable bonds is 3. The molecule has 1 heterocycles. The summed E-state index contributed by atoms with van der Waals surface area (Å²) in [5.74, 6) is -0.515. The van der Waals surface area contributed by atoms with Crippen LogP contribution in [0.2, 0.25) is 5.15 Å². The highest BCUT2D eigenvalue weighted by Gasteiger charge is 2.13. The molecular weight excluding hydrogens is 314 g/mol. The van der Waals surface area contributed by atoms with Crippen LogP contribution >= 0.6 is 11.6 Å². The fourth-order valence-corrected chi connectivity index (χ4v) is 2.40. The van der Waals surface area contributed by atoms with Crippen LogP contribution in [-0.2, 0) is 9.84 Å². The van der Waals surface area contributed by atoms with Gasteiger partial charge in [-0.1, -0.05) is 17.7 Å². The van der Waals surface area contributed by atoms with E-state index in [0.717, 1.165) is 11.8 Å². The van der Waals surface area contributed by atoms with E-state index in [0.29, 0.717) is 5.69 Å². The third-order valence-electron chi connectivity index (χ3n) is 2.72. The summed E-state index contributed by atoms with van der Waals surface area (Å²) in [6.07, 6.45) is 3.69. The van der Waals surface area contributed by atoms with Crippen LogP contribution in [0.1, 0.15) is 16.1 Å².